The highest BCUT2D eigenvalue weighted by atomic mass is 32.2. The quantitative estimate of drug-likeness (QED) is 0.716. The van der Waals surface area contributed by atoms with E-state index in [9.17, 15) is 26.8 Å². The SMILES string of the molecule is O=C(Nc1ccc(C(=O)N2CCCC2)cc1)C1CCN(S(=O)(=O)c2cc(F)ccc2F)CC1. The molecule has 2 aliphatic heterocycles. The number of piperidine rings is 1. The normalized spacial score (nSPS) is 17.8. The Hall–Kier alpha value is -2.85. The van der Waals surface area contributed by atoms with Crippen molar-refractivity contribution in [2.45, 2.75) is 30.6 Å². The highest BCUT2D eigenvalue weighted by Crippen LogP contribution is 2.27. The van der Waals surface area contributed by atoms with Crippen LogP contribution in [0, 0.1) is 17.6 Å². The summed E-state index contributed by atoms with van der Waals surface area (Å²) in [6.45, 7) is 1.58. The van der Waals surface area contributed by atoms with Gasteiger partial charge in [-0.15, -0.1) is 0 Å². The number of nitrogens with one attached hydrogen (secondary N) is 1. The van der Waals surface area contributed by atoms with E-state index in [4.69, 9.17) is 0 Å². The number of anilines is 1. The summed E-state index contributed by atoms with van der Waals surface area (Å²) in [5.41, 5.74) is 1.12. The van der Waals surface area contributed by atoms with Gasteiger partial charge in [0.05, 0.1) is 0 Å². The molecule has 0 atom stereocenters. The van der Waals surface area contributed by atoms with Gasteiger partial charge in [-0.1, -0.05) is 0 Å². The summed E-state index contributed by atoms with van der Waals surface area (Å²) < 4.78 is 53.9. The van der Waals surface area contributed by atoms with Crippen LogP contribution >= 0.6 is 0 Å². The van der Waals surface area contributed by atoms with E-state index in [1.165, 1.54) is 0 Å². The first-order chi connectivity index (χ1) is 15.8. The molecule has 2 fully saturated rings. The molecule has 176 valence electrons. The molecule has 0 aromatic heterocycles. The fourth-order valence-electron chi connectivity index (χ4n) is 4.22. The third-order valence-electron chi connectivity index (χ3n) is 6.13. The van der Waals surface area contributed by atoms with Crippen LogP contribution in [0.3, 0.4) is 0 Å². The molecule has 10 heteroatoms. The van der Waals surface area contributed by atoms with Crippen molar-refractivity contribution in [1.82, 2.24) is 9.21 Å². The Labute approximate surface area is 191 Å². The summed E-state index contributed by atoms with van der Waals surface area (Å²) in [5, 5.41) is 2.81. The minimum absolute atomic E-state index is 0.0197. The topological polar surface area (TPSA) is 86.8 Å². The fourth-order valence-corrected chi connectivity index (χ4v) is 5.76. The van der Waals surface area contributed by atoms with Gasteiger partial charge in [0, 0.05) is 43.3 Å². The van der Waals surface area contributed by atoms with Crippen LogP contribution in [0.4, 0.5) is 14.5 Å². The average Bonchev–Trinajstić information content (AvgIpc) is 3.36. The van der Waals surface area contributed by atoms with Crippen molar-refractivity contribution >= 4 is 27.5 Å². The third-order valence-corrected chi connectivity index (χ3v) is 8.04. The van der Waals surface area contributed by atoms with Crippen LogP contribution in [0.2, 0.25) is 0 Å². The molecule has 0 unspecified atom stereocenters. The van der Waals surface area contributed by atoms with E-state index < -0.39 is 32.5 Å². The lowest BCUT2D eigenvalue weighted by atomic mass is 9.97. The number of rotatable bonds is 5. The Kier molecular flexibility index (Phi) is 6.76. The van der Waals surface area contributed by atoms with Crippen LogP contribution in [0.5, 0.6) is 0 Å². The van der Waals surface area contributed by atoms with E-state index in [-0.39, 0.29) is 37.7 Å². The van der Waals surface area contributed by atoms with Crippen molar-refractivity contribution in [2.75, 3.05) is 31.5 Å². The molecule has 2 heterocycles. The van der Waals surface area contributed by atoms with Crippen LogP contribution < -0.4 is 5.32 Å². The van der Waals surface area contributed by atoms with Crippen LogP contribution in [-0.4, -0.2) is 55.6 Å². The van der Waals surface area contributed by atoms with Gasteiger partial charge in [-0.3, -0.25) is 9.59 Å². The molecule has 0 bridgehead atoms. The molecule has 2 saturated heterocycles. The Morgan fingerprint density at radius 1 is 0.909 bits per heavy atom. The molecule has 0 radical (unpaired) electrons. The molecule has 0 spiro atoms. The molecule has 7 nitrogen and oxygen atoms in total. The van der Waals surface area contributed by atoms with Gasteiger partial charge in [-0.25, -0.2) is 17.2 Å². The van der Waals surface area contributed by atoms with Gasteiger partial charge in [0.1, 0.15) is 16.5 Å². The Morgan fingerprint density at radius 3 is 2.18 bits per heavy atom. The molecule has 33 heavy (non-hydrogen) atoms. The van der Waals surface area contributed by atoms with Crippen LogP contribution in [0.1, 0.15) is 36.0 Å². The molecule has 2 aromatic carbocycles. The molecule has 0 saturated carbocycles. The number of benzene rings is 2. The molecule has 2 aromatic rings. The van der Waals surface area contributed by atoms with Gasteiger partial charge < -0.3 is 10.2 Å². The zero-order chi connectivity index (χ0) is 23.6. The maximum atomic E-state index is 14.0. The first-order valence-corrected chi connectivity index (χ1v) is 12.3. The van der Waals surface area contributed by atoms with Gasteiger partial charge in [-0.05, 0) is 68.1 Å². The lowest BCUT2D eigenvalue weighted by Gasteiger charge is -2.30. The maximum absolute atomic E-state index is 14.0. The predicted molar refractivity (Wildman–Crippen MR) is 118 cm³/mol. The highest BCUT2D eigenvalue weighted by molar-refractivity contribution is 7.89. The van der Waals surface area contributed by atoms with Crippen molar-refractivity contribution < 1.29 is 26.8 Å². The maximum Gasteiger partial charge on any atom is 0.253 e. The van der Waals surface area contributed by atoms with E-state index in [1.54, 1.807) is 24.3 Å². The second-order valence-corrected chi connectivity index (χ2v) is 10.2. The lowest BCUT2D eigenvalue weighted by Crippen LogP contribution is -2.41. The number of amides is 2. The average molecular weight is 478 g/mol. The molecule has 2 amide bonds. The zero-order valence-corrected chi connectivity index (χ0v) is 18.8. The fraction of sp³-hybridized carbons (Fsp3) is 0.391. The smallest absolute Gasteiger partial charge is 0.253 e. The number of hydrogen-bond donors (Lipinski definition) is 1. The number of nitrogens with zero attached hydrogens (tertiary/aromatic N) is 2. The summed E-state index contributed by atoms with van der Waals surface area (Å²) in [6, 6.07) is 9.02. The van der Waals surface area contributed by atoms with Crippen molar-refractivity contribution in [3.63, 3.8) is 0 Å². The second kappa shape index (κ2) is 9.56. The van der Waals surface area contributed by atoms with Gasteiger partial charge >= 0.3 is 0 Å². The van der Waals surface area contributed by atoms with Gasteiger partial charge in [0.2, 0.25) is 15.9 Å². The largest absolute Gasteiger partial charge is 0.339 e. The number of carbonyl (C=O) groups is 2. The molecular weight excluding hydrogens is 452 g/mol. The van der Waals surface area contributed by atoms with Crippen molar-refractivity contribution in [1.29, 1.82) is 0 Å². The van der Waals surface area contributed by atoms with Crippen molar-refractivity contribution in [3.05, 3.63) is 59.7 Å². The summed E-state index contributed by atoms with van der Waals surface area (Å²) in [4.78, 5) is 26.2. The minimum atomic E-state index is -4.19. The predicted octanol–water partition coefficient (Wildman–Crippen LogP) is 3.24. The molecule has 4 rings (SSSR count). The van der Waals surface area contributed by atoms with E-state index in [0.29, 0.717) is 17.3 Å². The number of hydrogen-bond acceptors (Lipinski definition) is 4. The van der Waals surface area contributed by atoms with Crippen LogP contribution in [0.25, 0.3) is 0 Å². The molecule has 2 aliphatic rings. The molecule has 0 aliphatic carbocycles. The van der Waals surface area contributed by atoms with Crippen molar-refractivity contribution in [2.24, 2.45) is 5.92 Å². The second-order valence-electron chi connectivity index (χ2n) is 8.32. The number of sulfonamides is 1. The highest BCUT2D eigenvalue weighted by Gasteiger charge is 2.34. The van der Waals surface area contributed by atoms with E-state index >= 15 is 0 Å². The third kappa shape index (κ3) is 5.06. The number of carbonyl (C=O) groups excluding carboxylic acids is 2. The van der Waals surface area contributed by atoms with E-state index in [2.05, 4.69) is 5.32 Å². The van der Waals surface area contributed by atoms with E-state index in [1.807, 2.05) is 4.90 Å². The summed E-state index contributed by atoms with van der Waals surface area (Å²) in [5.74, 6) is -2.53. The first-order valence-electron chi connectivity index (χ1n) is 10.9. The molecule has 1 N–H and O–H groups in total. The van der Waals surface area contributed by atoms with E-state index in [0.717, 1.165) is 42.4 Å². The summed E-state index contributed by atoms with van der Waals surface area (Å²) in [6.07, 6.45) is 2.54. The number of halogens is 2. The summed E-state index contributed by atoms with van der Waals surface area (Å²) in [7, 11) is -4.19. The van der Waals surface area contributed by atoms with Gasteiger partial charge in [0.25, 0.3) is 5.91 Å². The Balaban J connectivity index is 1.34. The van der Waals surface area contributed by atoms with Gasteiger partial charge in [0.15, 0.2) is 0 Å². The Morgan fingerprint density at radius 2 is 1.55 bits per heavy atom. The first kappa shape index (κ1) is 23.3. The minimum Gasteiger partial charge on any atom is -0.339 e. The van der Waals surface area contributed by atoms with Crippen LogP contribution in [0.15, 0.2) is 47.4 Å². The number of likely N-dealkylation sites (tertiary alicyclic amines) is 1. The standard InChI is InChI=1S/C23H25F2N3O4S/c24-18-5-8-20(25)21(15-18)33(31,32)28-13-9-16(10-14-28)22(29)26-19-6-3-17(4-7-19)23(30)27-11-1-2-12-27/h3-8,15-16H,1-2,9-14H2,(H,26,29). The summed E-state index contributed by atoms with van der Waals surface area (Å²) >= 11 is 0. The van der Waals surface area contributed by atoms with Crippen molar-refractivity contribution in [3.8, 4) is 0 Å². The van der Waals surface area contributed by atoms with Crippen LogP contribution in [-0.2, 0) is 14.8 Å². The monoisotopic (exact) mass is 477 g/mol. The zero-order valence-electron chi connectivity index (χ0n) is 18.0. The Bertz CT molecular complexity index is 1140. The van der Waals surface area contributed by atoms with Gasteiger partial charge in [-0.2, -0.15) is 4.31 Å². The lowest BCUT2D eigenvalue weighted by molar-refractivity contribution is -0.120. The molecular formula is C23H25F2N3O4S.